The molecule has 2 rings (SSSR count). The number of nitrogens with zero attached hydrogens (tertiary/aromatic N) is 1. The molecule has 1 aliphatic rings. The predicted octanol–water partition coefficient (Wildman–Crippen LogP) is 2.40. The van der Waals surface area contributed by atoms with Crippen molar-refractivity contribution in [2.45, 2.75) is 25.8 Å². The number of hydrogen-bond donors (Lipinski definition) is 1. The summed E-state index contributed by atoms with van der Waals surface area (Å²) in [5.74, 6) is 0.666. The van der Waals surface area contributed by atoms with Crippen molar-refractivity contribution in [2.24, 2.45) is 5.73 Å². The lowest BCUT2D eigenvalue weighted by Gasteiger charge is -2.23. The highest BCUT2D eigenvalue weighted by Gasteiger charge is 2.27. The highest BCUT2D eigenvalue weighted by molar-refractivity contribution is 6.31. The summed E-state index contributed by atoms with van der Waals surface area (Å²) in [5.41, 5.74) is 6.59. The monoisotopic (exact) mass is 318 g/mol. The molecule has 0 saturated carbocycles. The third-order valence-electron chi connectivity index (χ3n) is 3.46. The van der Waals surface area contributed by atoms with Crippen molar-refractivity contribution in [1.29, 1.82) is 0 Å². The van der Waals surface area contributed by atoms with E-state index in [9.17, 15) is 4.79 Å². The van der Waals surface area contributed by atoms with E-state index < -0.39 is 0 Å². The number of rotatable bonds is 4. The first-order valence-electron chi connectivity index (χ1n) is 6.50. The summed E-state index contributed by atoms with van der Waals surface area (Å²) in [5, 5.41) is 0.696. The third-order valence-corrected chi connectivity index (χ3v) is 3.89. The van der Waals surface area contributed by atoms with Crippen LogP contribution in [0.15, 0.2) is 18.2 Å². The second-order valence-electron chi connectivity index (χ2n) is 4.82. The largest absolute Gasteiger partial charge is 0.484 e. The fourth-order valence-corrected chi connectivity index (χ4v) is 2.46. The summed E-state index contributed by atoms with van der Waals surface area (Å²) < 4.78 is 5.52. The van der Waals surface area contributed by atoms with Crippen LogP contribution in [0.1, 0.15) is 18.4 Å². The number of carbonyl (C=O) groups is 1. The average Bonchev–Trinajstić information content (AvgIpc) is 2.88. The molecule has 1 amide bonds. The van der Waals surface area contributed by atoms with Crippen LogP contribution in [-0.2, 0) is 4.79 Å². The van der Waals surface area contributed by atoms with Crippen molar-refractivity contribution in [1.82, 2.24) is 4.90 Å². The molecule has 0 spiro atoms. The lowest BCUT2D eigenvalue weighted by atomic mass is 10.2. The summed E-state index contributed by atoms with van der Waals surface area (Å²) in [4.78, 5) is 13.9. The molecule has 0 radical (unpaired) electrons. The molecule has 1 heterocycles. The Morgan fingerprint density at radius 1 is 1.55 bits per heavy atom. The van der Waals surface area contributed by atoms with E-state index in [2.05, 4.69) is 0 Å². The summed E-state index contributed by atoms with van der Waals surface area (Å²) >= 11 is 5.94. The van der Waals surface area contributed by atoms with Gasteiger partial charge < -0.3 is 15.4 Å². The van der Waals surface area contributed by atoms with Gasteiger partial charge in [-0.15, -0.1) is 12.4 Å². The summed E-state index contributed by atoms with van der Waals surface area (Å²) in [6.07, 6.45) is 2.01. The molecule has 0 aromatic heterocycles. The van der Waals surface area contributed by atoms with E-state index in [0.29, 0.717) is 17.3 Å². The zero-order valence-corrected chi connectivity index (χ0v) is 13.0. The van der Waals surface area contributed by atoms with Gasteiger partial charge >= 0.3 is 0 Å². The van der Waals surface area contributed by atoms with Gasteiger partial charge in [-0.05, 0) is 43.5 Å². The number of nitrogens with two attached hydrogens (primary N) is 1. The molecule has 1 aromatic rings. The van der Waals surface area contributed by atoms with Gasteiger partial charge in [0.05, 0.1) is 0 Å². The Bertz CT molecular complexity index is 468. The zero-order chi connectivity index (χ0) is 13.8. The van der Waals surface area contributed by atoms with Gasteiger partial charge in [-0.1, -0.05) is 11.6 Å². The molecule has 1 atom stereocenters. The average molecular weight is 319 g/mol. The summed E-state index contributed by atoms with van der Waals surface area (Å²) in [7, 11) is 0. The van der Waals surface area contributed by atoms with Crippen molar-refractivity contribution in [3.05, 3.63) is 28.8 Å². The second-order valence-corrected chi connectivity index (χ2v) is 5.23. The van der Waals surface area contributed by atoms with Crippen molar-refractivity contribution in [3.8, 4) is 5.75 Å². The Balaban J connectivity index is 0.00000200. The van der Waals surface area contributed by atoms with Crippen LogP contribution in [0.25, 0.3) is 0 Å². The number of benzene rings is 1. The maximum Gasteiger partial charge on any atom is 0.260 e. The highest BCUT2D eigenvalue weighted by Crippen LogP contribution is 2.21. The second kappa shape index (κ2) is 7.72. The number of likely N-dealkylation sites (tertiary alicyclic amines) is 1. The van der Waals surface area contributed by atoms with Crippen LogP contribution < -0.4 is 10.5 Å². The number of ether oxygens (including phenoxy) is 1. The number of aryl methyl sites for hydroxylation is 1. The SMILES string of the molecule is Cc1cc(OCC(=O)N2CCCC2CN)ccc1Cl.Cl. The Labute approximate surface area is 130 Å². The van der Waals surface area contributed by atoms with Crippen molar-refractivity contribution >= 4 is 29.9 Å². The quantitative estimate of drug-likeness (QED) is 0.927. The molecule has 6 heteroatoms. The Morgan fingerprint density at radius 3 is 2.95 bits per heavy atom. The minimum absolute atomic E-state index is 0. The molecular formula is C14H20Cl2N2O2. The Kier molecular flexibility index (Phi) is 6.59. The van der Waals surface area contributed by atoms with Crippen LogP contribution in [0.2, 0.25) is 5.02 Å². The van der Waals surface area contributed by atoms with Gasteiger partial charge in [0, 0.05) is 24.2 Å². The van der Waals surface area contributed by atoms with E-state index in [4.69, 9.17) is 22.1 Å². The molecule has 1 unspecified atom stereocenters. The minimum atomic E-state index is 0. The smallest absolute Gasteiger partial charge is 0.260 e. The molecule has 1 aliphatic heterocycles. The van der Waals surface area contributed by atoms with Crippen LogP contribution in [0.3, 0.4) is 0 Å². The topological polar surface area (TPSA) is 55.6 Å². The minimum Gasteiger partial charge on any atom is -0.484 e. The van der Waals surface area contributed by atoms with E-state index in [1.54, 1.807) is 12.1 Å². The van der Waals surface area contributed by atoms with Crippen LogP contribution >= 0.6 is 24.0 Å². The van der Waals surface area contributed by atoms with Crippen molar-refractivity contribution < 1.29 is 9.53 Å². The fourth-order valence-electron chi connectivity index (χ4n) is 2.34. The van der Waals surface area contributed by atoms with Gasteiger partial charge in [0.15, 0.2) is 6.61 Å². The molecular weight excluding hydrogens is 299 g/mol. The van der Waals surface area contributed by atoms with Crippen LogP contribution in [0.4, 0.5) is 0 Å². The lowest BCUT2D eigenvalue weighted by Crippen LogP contribution is -2.42. The maximum absolute atomic E-state index is 12.1. The molecule has 0 bridgehead atoms. The molecule has 1 saturated heterocycles. The molecule has 2 N–H and O–H groups in total. The van der Waals surface area contributed by atoms with Crippen LogP contribution in [0, 0.1) is 6.92 Å². The molecule has 112 valence electrons. The Hall–Kier alpha value is -0.970. The van der Waals surface area contributed by atoms with Crippen molar-refractivity contribution in [2.75, 3.05) is 19.7 Å². The molecule has 4 nitrogen and oxygen atoms in total. The first-order chi connectivity index (χ1) is 9.11. The van der Waals surface area contributed by atoms with Gasteiger partial charge in [0.25, 0.3) is 5.91 Å². The number of halogens is 2. The van der Waals surface area contributed by atoms with E-state index in [1.807, 2.05) is 17.9 Å². The first-order valence-corrected chi connectivity index (χ1v) is 6.88. The molecule has 1 fully saturated rings. The lowest BCUT2D eigenvalue weighted by molar-refractivity contribution is -0.134. The Morgan fingerprint density at radius 2 is 2.30 bits per heavy atom. The predicted molar refractivity (Wildman–Crippen MR) is 82.7 cm³/mol. The maximum atomic E-state index is 12.1. The van der Waals surface area contributed by atoms with Gasteiger partial charge in [-0.25, -0.2) is 0 Å². The van der Waals surface area contributed by atoms with Gasteiger partial charge in [-0.2, -0.15) is 0 Å². The van der Waals surface area contributed by atoms with E-state index in [1.165, 1.54) is 0 Å². The zero-order valence-electron chi connectivity index (χ0n) is 11.5. The molecule has 0 aliphatic carbocycles. The van der Waals surface area contributed by atoms with Crippen LogP contribution in [-0.4, -0.2) is 36.5 Å². The van der Waals surface area contributed by atoms with Crippen LogP contribution in [0.5, 0.6) is 5.75 Å². The standard InChI is InChI=1S/C14H19ClN2O2.ClH/c1-10-7-12(4-5-13(10)15)19-9-14(18)17-6-2-3-11(17)8-16;/h4-5,7,11H,2-3,6,8-9,16H2,1H3;1H. The summed E-state index contributed by atoms with van der Waals surface area (Å²) in [6, 6.07) is 5.55. The number of hydrogen-bond acceptors (Lipinski definition) is 3. The van der Waals surface area contributed by atoms with Gasteiger partial charge in [-0.3, -0.25) is 4.79 Å². The third kappa shape index (κ3) is 4.01. The van der Waals surface area contributed by atoms with E-state index >= 15 is 0 Å². The fraction of sp³-hybridized carbons (Fsp3) is 0.500. The number of amides is 1. The van der Waals surface area contributed by atoms with Gasteiger partial charge in [0.2, 0.25) is 0 Å². The van der Waals surface area contributed by atoms with Gasteiger partial charge in [0.1, 0.15) is 5.75 Å². The molecule has 20 heavy (non-hydrogen) atoms. The molecule has 1 aromatic carbocycles. The summed E-state index contributed by atoms with van der Waals surface area (Å²) in [6.45, 7) is 3.26. The first kappa shape index (κ1) is 17.1. The van der Waals surface area contributed by atoms with Crippen molar-refractivity contribution in [3.63, 3.8) is 0 Å². The highest BCUT2D eigenvalue weighted by atomic mass is 35.5. The number of carbonyl (C=O) groups excluding carboxylic acids is 1. The van der Waals surface area contributed by atoms with E-state index in [-0.39, 0.29) is 31.0 Å². The normalized spacial score (nSPS) is 17.8. The van der Waals surface area contributed by atoms with E-state index in [0.717, 1.165) is 24.9 Å².